The molecule has 1 saturated heterocycles. The van der Waals surface area contributed by atoms with Crippen molar-refractivity contribution in [2.24, 2.45) is 0 Å². The molecule has 1 rings (SSSR count). The number of esters is 1. The van der Waals surface area contributed by atoms with Crippen molar-refractivity contribution in [2.75, 3.05) is 26.4 Å². The third kappa shape index (κ3) is 25.8. The molecule has 0 aliphatic carbocycles. The maximum absolute atomic E-state index is 12.7. The lowest BCUT2D eigenvalue weighted by molar-refractivity contribution is -0.301. The highest BCUT2D eigenvalue weighted by Gasteiger charge is 2.48. The van der Waals surface area contributed by atoms with E-state index in [9.17, 15) is 28.5 Å². The second kappa shape index (κ2) is 32.1. The lowest BCUT2D eigenvalue weighted by Crippen LogP contribution is -2.60. The van der Waals surface area contributed by atoms with Gasteiger partial charge in [0.2, 0.25) is 0 Å². The molecule has 1 heterocycles. The minimum Gasteiger partial charge on any atom is -0.457 e. The van der Waals surface area contributed by atoms with Crippen molar-refractivity contribution in [3.05, 3.63) is 12.2 Å². The largest absolute Gasteiger partial charge is 0.457 e. The number of hydrogen-bond acceptors (Lipinski definition) is 11. The topological polar surface area (TPSA) is 178 Å². The molecular weight excluding hydrogens is 692 g/mol. The van der Waals surface area contributed by atoms with Gasteiger partial charge in [-0.05, 0) is 32.1 Å². The van der Waals surface area contributed by atoms with E-state index in [2.05, 4.69) is 30.2 Å². The Kier molecular flexibility index (Phi) is 30.2. The van der Waals surface area contributed by atoms with E-state index in [0.717, 1.165) is 57.8 Å². The van der Waals surface area contributed by atoms with Gasteiger partial charge in [-0.15, -0.1) is 0 Å². The van der Waals surface area contributed by atoms with Gasteiger partial charge in [-0.3, -0.25) is 9.35 Å². The average molecular weight is 767 g/mol. The third-order valence-electron chi connectivity index (χ3n) is 9.39. The molecule has 6 unspecified atom stereocenters. The average Bonchev–Trinajstić information content (AvgIpc) is 3.11. The van der Waals surface area contributed by atoms with E-state index < -0.39 is 59.8 Å². The number of aliphatic hydroxyl groups excluding tert-OH is 3. The van der Waals surface area contributed by atoms with Crippen molar-refractivity contribution < 1.29 is 56.2 Å². The fourth-order valence-electron chi connectivity index (χ4n) is 6.24. The van der Waals surface area contributed by atoms with Crippen molar-refractivity contribution in [3.63, 3.8) is 0 Å². The van der Waals surface area contributed by atoms with E-state index in [1.165, 1.54) is 83.5 Å². The molecule has 0 aromatic heterocycles. The first-order valence-electron chi connectivity index (χ1n) is 20.4. The van der Waals surface area contributed by atoms with E-state index in [1.807, 2.05) is 0 Å². The Hall–Kier alpha value is -1.16. The quantitative estimate of drug-likeness (QED) is 0.0216. The van der Waals surface area contributed by atoms with Crippen molar-refractivity contribution in [3.8, 4) is 0 Å². The number of unbranched alkanes of at least 4 members (excludes halogenated alkanes) is 20. The van der Waals surface area contributed by atoms with E-state index in [1.54, 1.807) is 0 Å². The predicted molar refractivity (Wildman–Crippen MR) is 202 cm³/mol. The zero-order valence-electron chi connectivity index (χ0n) is 32.4. The maximum atomic E-state index is 12.7. The summed E-state index contributed by atoms with van der Waals surface area (Å²) in [5.74, 6) is -0.408. The first kappa shape index (κ1) is 48.9. The Bertz CT molecular complexity index is 978. The SMILES string of the molecule is CCCC/C=C\CCCCCCCC(=O)OC(COCCCCCCCCCCCCCCCC)COC1OC(CO)C(O)C(OS(=O)(=O)O)C1O. The number of carbonyl (C=O) groups is 1. The van der Waals surface area contributed by atoms with Gasteiger partial charge < -0.3 is 34.3 Å². The zero-order chi connectivity index (χ0) is 38.3. The Balaban J connectivity index is 2.48. The fourth-order valence-corrected chi connectivity index (χ4v) is 6.75. The highest BCUT2D eigenvalue weighted by Crippen LogP contribution is 2.26. The summed E-state index contributed by atoms with van der Waals surface area (Å²) in [6.45, 7) is 3.94. The van der Waals surface area contributed by atoms with Gasteiger partial charge in [0.15, 0.2) is 6.29 Å². The first-order valence-corrected chi connectivity index (χ1v) is 21.8. The molecule has 0 bridgehead atoms. The number of allylic oxidation sites excluding steroid dienone is 2. The molecule has 4 N–H and O–H groups in total. The molecule has 0 radical (unpaired) electrons. The highest BCUT2D eigenvalue weighted by molar-refractivity contribution is 7.80. The molecule has 52 heavy (non-hydrogen) atoms. The minimum absolute atomic E-state index is 0.0375. The van der Waals surface area contributed by atoms with Crippen molar-refractivity contribution in [1.29, 1.82) is 0 Å². The first-order chi connectivity index (χ1) is 25.1. The highest BCUT2D eigenvalue weighted by atomic mass is 32.3. The van der Waals surface area contributed by atoms with Crippen LogP contribution in [-0.4, -0.2) is 97.5 Å². The molecule has 0 spiro atoms. The van der Waals surface area contributed by atoms with Crippen LogP contribution in [0, 0.1) is 0 Å². The van der Waals surface area contributed by atoms with Crippen LogP contribution in [-0.2, 0) is 38.3 Å². The lowest BCUT2D eigenvalue weighted by atomic mass is 9.99. The van der Waals surface area contributed by atoms with Crippen molar-refractivity contribution in [2.45, 2.75) is 205 Å². The zero-order valence-corrected chi connectivity index (χ0v) is 33.2. The minimum atomic E-state index is -5.05. The van der Waals surface area contributed by atoms with Crippen LogP contribution in [0.25, 0.3) is 0 Å². The summed E-state index contributed by atoms with van der Waals surface area (Å²) in [4.78, 5) is 12.7. The van der Waals surface area contributed by atoms with Crippen LogP contribution in [0.3, 0.4) is 0 Å². The summed E-state index contributed by atoms with van der Waals surface area (Å²) in [5.41, 5.74) is 0. The van der Waals surface area contributed by atoms with Gasteiger partial charge in [0, 0.05) is 13.0 Å². The molecule has 308 valence electrons. The predicted octanol–water partition coefficient (Wildman–Crippen LogP) is 7.52. The fraction of sp³-hybridized carbons (Fsp3) is 0.923. The summed E-state index contributed by atoms with van der Waals surface area (Å²) in [6, 6.07) is 0. The van der Waals surface area contributed by atoms with Crippen LogP contribution in [0.5, 0.6) is 0 Å². The standard InChI is InChI=1S/C39H74O12S/c1-3-5-7-9-11-13-15-16-17-19-21-23-25-27-29-47-31-33(49-35(41)28-26-24-22-20-18-14-12-10-8-6-4-2)32-48-39-37(43)38(51-52(44,45)46)36(42)34(30-40)50-39/h10,12,33-34,36-40,42-43H,3-9,11,13-32H2,1-2H3,(H,44,45,46)/b12-10-. The van der Waals surface area contributed by atoms with Gasteiger partial charge in [0.25, 0.3) is 0 Å². The molecule has 6 atom stereocenters. The number of hydrogen-bond donors (Lipinski definition) is 4. The number of aliphatic hydroxyl groups is 3. The molecule has 0 aromatic rings. The molecule has 1 fully saturated rings. The summed E-state index contributed by atoms with van der Waals surface area (Å²) >= 11 is 0. The van der Waals surface area contributed by atoms with Gasteiger partial charge in [-0.2, -0.15) is 8.42 Å². The van der Waals surface area contributed by atoms with Gasteiger partial charge >= 0.3 is 16.4 Å². The summed E-state index contributed by atoms with van der Waals surface area (Å²) in [7, 11) is -5.05. The maximum Gasteiger partial charge on any atom is 0.397 e. The molecule has 0 amide bonds. The Morgan fingerprint density at radius 2 is 1.23 bits per heavy atom. The van der Waals surface area contributed by atoms with E-state index in [-0.39, 0.29) is 19.6 Å². The van der Waals surface area contributed by atoms with Crippen LogP contribution in [0.15, 0.2) is 12.2 Å². The van der Waals surface area contributed by atoms with Gasteiger partial charge in [0.05, 0.1) is 19.8 Å². The normalized spacial score (nSPS) is 21.5. The third-order valence-corrected chi connectivity index (χ3v) is 9.85. The molecule has 13 heteroatoms. The molecule has 1 aliphatic heterocycles. The van der Waals surface area contributed by atoms with E-state index >= 15 is 0 Å². The summed E-state index contributed by atoms with van der Waals surface area (Å²) in [5, 5.41) is 30.5. The Labute approximate surface area is 315 Å². The number of carbonyl (C=O) groups excluding carboxylic acids is 1. The molecule has 0 aromatic carbocycles. The lowest BCUT2D eigenvalue weighted by Gasteiger charge is -2.41. The van der Waals surface area contributed by atoms with Crippen molar-refractivity contribution >= 4 is 16.4 Å². The Morgan fingerprint density at radius 1 is 0.712 bits per heavy atom. The monoisotopic (exact) mass is 766 g/mol. The van der Waals surface area contributed by atoms with Crippen molar-refractivity contribution in [1.82, 2.24) is 0 Å². The number of ether oxygens (including phenoxy) is 4. The second-order valence-corrected chi connectivity index (χ2v) is 15.3. The molecular formula is C39H74O12S. The number of rotatable bonds is 35. The molecule has 0 saturated carbocycles. The van der Waals surface area contributed by atoms with Crippen LogP contribution in [0.1, 0.15) is 168 Å². The smallest absolute Gasteiger partial charge is 0.397 e. The van der Waals surface area contributed by atoms with E-state index in [4.69, 9.17) is 23.5 Å². The van der Waals surface area contributed by atoms with Crippen LogP contribution < -0.4 is 0 Å². The second-order valence-electron chi connectivity index (χ2n) is 14.2. The molecule has 12 nitrogen and oxygen atoms in total. The van der Waals surface area contributed by atoms with Crippen LogP contribution in [0.2, 0.25) is 0 Å². The van der Waals surface area contributed by atoms with E-state index in [0.29, 0.717) is 13.0 Å². The van der Waals surface area contributed by atoms with Crippen LogP contribution >= 0.6 is 0 Å². The summed E-state index contributed by atoms with van der Waals surface area (Å²) in [6.07, 6.45) is 22.5. The van der Waals surface area contributed by atoms with Gasteiger partial charge in [-0.25, -0.2) is 4.18 Å². The van der Waals surface area contributed by atoms with Gasteiger partial charge in [0.1, 0.15) is 30.5 Å². The van der Waals surface area contributed by atoms with Crippen LogP contribution in [0.4, 0.5) is 0 Å². The van der Waals surface area contributed by atoms with Gasteiger partial charge in [-0.1, -0.05) is 142 Å². The summed E-state index contributed by atoms with van der Waals surface area (Å²) < 4.78 is 58.8. The Morgan fingerprint density at radius 3 is 1.79 bits per heavy atom. The molecule has 1 aliphatic rings.